The summed E-state index contributed by atoms with van der Waals surface area (Å²) >= 11 is 13.2. The maximum atomic E-state index is 11.5. The number of carbonyl (C=O) groups is 1. The average molecular weight is 298 g/mol. The van der Waals surface area contributed by atoms with Gasteiger partial charge in [-0.1, -0.05) is 35.0 Å². The van der Waals surface area contributed by atoms with Crippen molar-refractivity contribution in [1.29, 1.82) is 0 Å². The van der Waals surface area contributed by atoms with Crippen LogP contribution in [-0.2, 0) is 0 Å². The molecule has 1 heterocycles. The monoisotopic (exact) mass is 297 g/mol. The average Bonchev–Trinajstić information content (AvgIpc) is 2.34. The molecule has 0 saturated carbocycles. The molecule has 0 spiro atoms. The molecule has 1 aromatic carbocycles. The van der Waals surface area contributed by atoms with Crippen LogP contribution in [0.4, 0.5) is 0 Å². The van der Waals surface area contributed by atoms with Gasteiger partial charge in [-0.05, 0) is 37.3 Å². The number of hydrogen-bond donors (Lipinski definition) is 0. The quantitative estimate of drug-likeness (QED) is 0.766. The molecule has 0 aliphatic heterocycles. The van der Waals surface area contributed by atoms with Crippen LogP contribution in [0.2, 0.25) is 10.0 Å². The first-order chi connectivity index (χ1) is 8.58. The Bertz CT molecular complexity index is 601. The topological polar surface area (TPSA) is 30.0 Å². The highest BCUT2D eigenvalue weighted by atomic mass is 35.5. The summed E-state index contributed by atoms with van der Waals surface area (Å²) in [6.45, 7) is 1.52. The van der Waals surface area contributed by atoms with E-state index in [0.717, 1.165) is 4.90 Å². The number of rotatable bonds is 3. The van der Waals surface area contributed by atoms with Crippen LogP contribution in [0.3, 0.4) is 0 Å². The van der Waals surface area contributed by atoms with Gasteiger partial charge in [-0.25, -0.2) is 4.98 Å². The fraction of sp³-hybridized carbons (Fsp3) is 0.0769. The number of halogens is 2. The van der Waals surface area contributed by atoms with Crippen LogP contribution in [0.1, 0.15) is 17.3 Å². The normalized spacial score (nSPS) is 10.4. The predicted octanol–water partition coefficient (Wildman–Crippen LogP) is 4.74. The van der Waals surface area contributed by atoms with E-state index >= 15 is 0 Å². The van der Waals surface area contributed by atoms with Crippen LogP contribution in [0, 0.1) is 0 Å². The van der Waals surface area contributed by atoms with Crippen molar-refractivity contribution in [2.75, 3.05) is 0 Å². The number of benzene rings is 1. The van der Waals surface area contributed by atoms with Crippen molar-refractivity contribution in [1.82, 2.24) is 4.98 Å². The standard InChI is InChI=1S/C13H9Cl2NOS/c1-8(17)10-3-2-6-16-13(10)18-9-4-5-11(14)12(15)7-9/h2-7H,1H3. The van der Waals surface area contributed by atoms with Crippen molar-refractivity contribution >= 4 is 40.7 Å². The Morgan fingerprint density at radius 2 is 2.00 bits per heavy atom. The molecule has 92 valence electrons. The van der Waals surface area contributed by atoms with E-state index in [4.69, 9.17) is 23.2 Å². The second-order valence-electron chi connectivity index (χ2n) is 3.59. The number of carbonyl (C=O) groups excluding carboxylic acids is 1. The van der Waals surface area contributed by atoms with E-state index in [0.29, 0.717) is 20.6 Å². The summed E-state index contributed by atoms with van der Waals surface area (Å²) in [5.41, 5.74) is 0.605. The first-order valence-electron chi connectivity index (χ1n) is 5.17. The van der Waals surface area contributed by atoms with Gasteiger partial charge in [0.1, 0.15) is 5.03 Å². The molecule has 0 N–H and O–H groups in total. The SMILES string of the molecule is CC(=O)c1cccnc1Sc1ccc(Cl)c(Cl)c1. The minimum atomic E-state index is -0.00865. The molecule has 2 nitrogen and oxygen atoms in total. The van der Waals surface area contributed by atoms with Gasteiger partial charge in [-0.15, -0.1) is 0 Å². The van der Waals surface area contributed by atoms with Crippen LogP contribution in [-0.4, -0.2) is 10.8 Å². The molecule has 0 unspecified atom stereocenters. The molecule has 0 aliphatic rings. The molecule has 2 aromatic rings. The molecule has 0 fully saturated rings. The summed E-state index contributed by atoms with van der Waals surface area (Å²) in [5, 5.41) is 1.67. The van der Waals surface area contributed by atoms with E-state index in [1.54, 1.807) is 30.5 Å². The second kappa shape index (κ2) is 5.74. The third-order valence-electron chi connectivity index (χ3n) is 2.26. The molecule has 0 amide bonds. The Morgan fingerprint density at radius 3 is 2.67 bits per heavy atom. The van der Waals surface area contributed by atoms with E-state index < -0.39 is 0 Å². The van der Waals surface area contributed by atoms with Crippen LogP contribution in [0.15, 0.2) is 46.5 Å². The summed E-state index contributed by atoms with van der Waals surface area (Å²) in [4.78, 5) is 16.6. The van der Waals surface area contributed by atoms with Crippen molar-refractivity contribution in [3.63, 3.8) is 0 Å². The van der Waals surface area contributed by atoms with Gasteiger partial charge in [0.2, 0.25) is 0 Å². The number of hydrogen-bond acceptors (Lipinski definition) is 3. The Labute approximate surface area is 119 Å². The predicted molar refractivity (Wildman–Crippen MR) is 74.8 cm³/mol. The van der Waals surface area contributed by atoms with E-state index in [9.17, 15) is 4.79 Å². The highest BCUT2D eigenvalue weighted by Gasteiger charge is 2.10. The number of pyridine rings is 1. The van der Waals surface area contributed by atoms with Crippen molar-refractivity contribution < 1.29 is 4.79 Å². The van der Waals surface area contributed by atoms with Crippen LogP contribution >= 0.6 is 35.0 Å². The fourth-order valence-electron chi connectivity index (χ4n) is 1.39. The Balaban J connectivity index is 2.34. The summed E-state index contributed by atoms with van der Waals surface area (Å²) in [6.07, 6.45) is 1.66. The van der Waals surface area contributed by atoms with Gasteiger partial charge < -0.3 is 0 Å². The largest absolute Gasteiger partial charge is 0.294 e. The molecule has 2 rings (SSSR count). The first kappa shape index (κ1) is 13.4. The van der Waals surface area contributed by atoms with E-state index in [-0.39, 0.29) is 5.78 Å². The summed E-state index contributed by atoms with van der Waals surface area (Å²) in [6, 6.07) is 8.83. The molecule has 1 aromatic heterocycles. The lowest BCUT2D eigenvalue weighted by molar-refractivity contribution is 0.101. The van der Waals surface area contributed by atoms with E-state index in [2.05, 4.69) is 4.98 Å². The van der Waals surface area contributed by atoms with Gasteiger partial charge in [-0.2, -0.15) is 0 Å². The molecule has 0 bridgehead atoms. The smallest absolute Gasteiger partial charge is 0.162 e. The molecule has 18 heavy (non-hydrogen) atoms. The van der Waals surface area contributed by atoms with Gasteiger partial charge in [0.25, 0.3) is 0 Å². The van der Waals surface area contributed by atoms with E-state index in [1.165, 1.54) is 18.7 Å². The molecule has 0 atom stereocenters. The number of Topliss-reactive ketones (excluding diaryl/α,β-unsaturated/α-hetero) is 1. The first-order valence-corrected chi connectivity index (χ1v) is 6.74. The summed E-state index contributed by atoms with van der Waals surface area (Å²) in [7, 11) is 0. The molecule has 5 heteroatoms. The molecule has 0 aliphatic carbocycles. The van der Waals surface area contributed by atoms with Crippen LogP contribution < -0.4 is 0 Å². The van der Waals surface area contributed by atoms with Gasteiger partial charge in [0.05, 0.1) is 10.0 Å². The minimum absolute atomic E-state index is 0.00865. The Hall–Kier alpha value is -1.03. The minimum Gasteiger partial charge on any atom is -0.294 e. The highest BCUT2D eigenvalue weighted by Crippen LogP contribution is 2.33. The summed E-state index contributed by atoms with van der Waals surface area (Å²) in [5.74, 6) is -0.00865. The van der Waals surface area contributed by atoms with Crippen molar-refractivity contribution in [3.8, 4) is 0 Å². The van der Waals surface area contributed by atoms with Crippen molar-refractivity contribution in [2.45, 2.75) is 16.8 Å². The molecular formula is C13H9Cl2NOS. The lowest BCUT2D eigenvalue weighted by Gasteiger charge is -2.06. The Kier molecular flexibility index (Phi) is 4.27. The van der Waals surface area contributed by atoms with E-state index in [1.807, 2.05) is 6.07 Å². The van der Waals surface area contributed by atoms with Gasteiger partial charge in [0, 0.05) is 16.7 Å². The van der Waals surface area contributed by atoms with Crippen LogP contribution in [0.25, 0.3) is 0 Å². The van der Waals surface area contributed by atoms with Crippen molar-refractivity contribution in [2.24, 2.45) is 0 Å². The maximum absolute atomic E-state index is 11.5. The fourth-order valence-corrected chi connectivity index (χ4v) is 2.73. The van der Waals surface area contributed by atoms with Gasteiger partial charge >= 0.3 is 0 Å². The summed E-state index contributed by atoms with van der Waals surface area (Å²) < 4.78 is 0. The Morgan fingerprint density at radius 1 is 1.22 bits per heavy atom. The van der Waals surface area contributed by atoms with Gasteiger partial charge in [-0.3, -0.25) is 4.79 Å². The lowest BCUT2D eigenvalue weighted by atomic mass is 10.2. The van der Waals surface area contributed by atoms with Crippen LogP contribution in [0.5, 0.6) is 0 Å². The third kappa shape index (κ3) is 3.05. The number of aromatic nitrogens is 1. The van der Waals surface area contributed by atoms with Gasteiger partial charge in [0.15, 0.2) is 5.78 Å². The lowest BCUT2D eigenvalue weighted by Crippen LogP contribution is -1.96. The number of nitrogens with zero attached hydrogens (tertiary/aromatic N) is 1. The number of ketones is 1. The molecule has 0 saturated heterocycles. The van der Waals surface area contributed by atoms with Crippen molar-refractivity contribution in [3.05, 3.63) is 52.1 Å². The second-order valence-corrected chi connectivity index (χ2v) is 5.47. The molecular weight excluding hydrogens is 289 g/mol. The maximum Gasteiger partial charge on any atom is 0.162 e. The zero-order chi connectivity index (χ0) is 13.1. The zero-order valence-corrected chi connectivity index (χ0v) is 11.8. The molecule has 0 radical (unpaired) electrons. The zero-order valence-electron chi connectivity index (χ0n) is 9.48. The highest BCUT2D eigenvalue weighted by molar-refractivity contribution is 7.99. The third-order valence-corrected chi connectivity index (χ3v) is 4.00.